The molecule has 0 aromatic heterocycles. The van der Waals surface area contributed by atoms with Gasteiger partial charge in [-0.2, -0.15) is 0 Å². The first-order chi connectivity index (χ1) is 5.72. The third-order valence-electron chi connectivity index (χ3n) is 1.68. The second-order valence-corrected chi connectivity index (χ2v) is 3.78. The summed E-state index contributed by atoms with van der Waals surface area (Å²) < 4.78 is 1.08. The van der Waals surface area contributed by atoms with E-state index in [1.807, 2.05) is 31.2 Å². The molecule has 1 aromatic carbocycles. The molecule has 0 aliphatic carbocycles. The largest absolute Gasteiger partial charge is 0.317 e. The van der Waals surface area contributed by atoms with Gasteiger partial charge >= 0.3 is 0 Å². The molecule has 1 unspecified atom stereocenters. The van der Waals surface area contributed by atoms with E-state index in [2.05, 4.69) is 21.4 Å². The molecule has 2 nitrogen and oxygen atoms in total. The maximum absolute atomic E-state index is 8.59. The first-order valence-electron chi connectivity index (χ1n) is 3.86. The molecule has 1 atom stereocenters. The Morgan fingerprint density at radius 1 is 1.42 bits per heavy atom. The van der Waals surface area contributed by atoms with Crippen LogP contribution in [0.3, 0.4) is 0 Å². The molecule has 0 aliphatic heterocycles. The zero-order valence-electron chi connectivity index (χ0n) is 6.92. The van der Waals surface area contributed by atoms with E-state index in [1.165, 1.54) is 5.56 Å². The Labute approximate surface area is 80.7 Å². The van der Waals surface area contributed by atoms with Gasteiger partial charge in [0, 0.05) is 10.5 Å². The molecule has 0 spiro atoms. The Bertz CT molecular complexity index is 235. The summed E-state index contributed by atoms with van der Waals surface area (Å²) in [5.41, 5.74) is 3.43. The normalized spacial score (nSPS) is 12.9. The fourth-order valence-corrected chi connectivity index (χ4v) is 1.28. The van der Waals surface area contributed by atoms with Gasteiger partial charge in [-0.05, 0) is 31.0 Å². The van der Waals surface area contributed by atoms with E-state index < -0.39 is 0 Å². The van der Waals surface area contributed by atoms with E-state index >= 15 is 0 Å². The van der Waals surface area contributed by atoms with Crippen LogP contribution in [0, 0.1) is 0 Å². The van der Waals surface area contributed by atoms with Crippen molar-refractivity contribution < 1.29 is 5.21 Å². The number of hydrogen-bond acceptors (Lipinski definition) is 2. The summed E-state index contributed by atoms with van der Waals surface area (Å²) in [4.78, 5) is 0. The van der Waals surface area contributed by atoms with Gasteiger partial charge in [-0.1, -0.05) is 28.1 Å². The van der Waals surface area contributed by atoms with Crippen molar-refractivity contribution >= 4 is 15.9 Å². The smallest absolute Gasteiger partial charge is 0.0331 e. The molecule has 1 rings (SSSR count). The molecule has 3 heteroatoms. The topological polar surface area (TPSA) is 32.3 Å². The SMILES string of the molecule is CC(Cc1ccc(Br)cc1)NO. The van der Waals surface area contributed by atoms with Crippen LogP contribution in [0.4, 0.5) is 0 Å². The molecule has 0 bridgehead atoms. The van der Waals surface area contributed by atoms with Crippen LogP contribution in [-0.4, -0.2) is 11.2 Å². The lowest BCUT2D eigenvalue weighted by Gasteiger charge is -2.08. The summed E-state index contributed by atoms with van der Waals surface area (Å²) in [5.74, 6) is 0. The maximum atomic E-state index is 8.59. The Hall–Kier alpha value is -0.380. The molecular weight excluding hydrogens is 218 g/mol. The van der Waals surface area contributed by atoms with Gasteiger partial charge in [0.15, 0.2) is 0 Å². The van der Waals surface area contributed by atoms with E-state index in [-0.39, 0.29) is 6.04 Å². The van der Waals surface area contributed by atoms with Crippen LogP contribution in [0.25, 0.3) is 0 Å². The van der Waals surface area contributed by atoms with Crippen LogP contribution in [0.15, 0.2) is 28.7 Å². The molecule has 1 aromatic rings. The average molecular weight is 230 g/mol. The first-order valence-corrected chi connectivity index (χ1v) is 4.65. The molecule has 0 saturated heterocycles. The number of benzene rings is 1. The van der Waals surface area contributed by atoms with E-state index in [4.69, 9.17) is 5.21 Å². The predicted molar refractivity (Wildman–Crippen MR) is 52.2 cm³/mol. The van der Waals surface area contributed by atoms with Crippen molar-refractivity contribution in [3.05, 3.63) is 34.3 Å². The van der Waals surface area contributed by atoms with Crippen LogP contribution < -0.4 is 5.48 Å². The fourth-order valence-electron chi connectivity index (χ4n) is 1.02. The summed E-state index contributed by atoms with van der Waals surface area (Å²) in [6, 6.07) is 8.18. The molecule has 12 heavy (non-hydrogen) atoms. The third kappa shape index (κ3) is 2.93. The molecule has 0 saturated carbocycles. The molecule has 0 aliphatic rings. The minimum Gasteiger partial charge on any atom is -0.317 e. The van der Waals surface area contributed by atoms with Crippen molar-refractivity contribution in [1.82, 2.24) is 5.48 Å². The highest BCUT2D eigenvalue weighted by Crippen LogP contribution is 2.11. The van der Waals surface area contributed by atoms with Crippen molar-refractivity contribution in [3.63, 3.8) is 0 Å². The molecular formula is C9H12BrNO. The zero-order valence-corrected chi connectivity index (χ0v) is 8.51. The molecule has 66 valence electrons. The fraction of sp³-hybridized carbons (Fsp3) is 0.333. The quantitative estimate of drug-likeness (QED) is 0.781. The Balaban J connectivity index is 2.58. The first kappa shape index (κ1) is 9.71. The minimum atomic E-state index is 0.103. The van der Waals surface area contributed by atoms with E-state index in [9.17, 15) is 0 Å². The van der Waals surface area contributed by atoms with Crippen LogP contribution >= 0.6 is 15.9 Å². The highest BCUT2D eigenvalue weighted by atomic mass is 79.9. The number of rotatable bonds is 3. The number of nitrogens with one attached hydrogen (secondary N) is 1. The minimum absolute atomic E-state index is 0.103. The van der Waals surface area contributed by atoms with E-state index in [0.717, 1.165) is 10.9 Å². The maximum Gasteiger partial charge on any atom is 0.0331 e. The summed E-state index contributed by atoms with van der Waals surface area (Å²) in [5, 5.41) is 8.59. The van der Waals surface area contributed by atoms with Crippen LogP contribution in [0.2, 0.25) is 0 Å². The van der Waals surface area contributed by atoms with E-state index in [0.29, 0.717) is 0 Å². The van der Waals surface area contributed by atoms with Gasteiger partial charge in [0.25, 0.3) is 0 Å². The summed E-state index contributed by atoms with van der Waals surface area (Å²) in [6.45, 7) is 1.93. The van der Waals surface area contributed by atoms with Gasteiger partial charge in [0.1, 0.15) is 0 Å². The summed E-state index contributed by atoms with van der Waals surface area (Å²) >= 11 is 3.36. The van der Waals surface area contributed by atoms with Gasteiger partial charge in [-0.15, -0.1) is 0 Å². The van der Waals surface area contributed by atoms with Crippen LogP contribution in [0.1, 0.15) is 12.5 Å². The highest BCUT2D eigenvalue weighted by molar-refractivity contribution is 9.10. The van der Waals surface area contributed by atoms with Gasteiger partial charge in [0.05, 0.1) is 0 Å². The van der Waals surface area contributed by atoms with Crippen molar-refractivity contribution in [1.29, 1.82) is 0 Å². The third-order valence-corrected chi connectivity index (χ3v) is 2.20. The van der Waals surface area contributed by atoms with Crippen LogP contribution in [0.5, 0.6) is 0 Å². The molecule has 0 radical (unpaired) electrons. The molecule has 0 fully saturated rings. The van der Waals surface area contributed by atoms with Crippen LogP contribution in [-0.2, 0) is 6.42 Å². The number of hydrogen-bond donors (Lipinski definition) is 2. The van der Waals surface area contributed by atoms with E-state index in [1.54, 1.807) is 0 Å². The van der Waals surface area contributed by atoms with Gasteiger partial charge in [-0.3, -0.25) is 0 Å². The lowest BCUT2D eigenvalue weighted by molar-refractivity contribution is 0.133. The molecule has 2 N–H and O–H groups in total. The van der Waals surface area contributed by atoms with Gasteiger partial charge < -0.3 is 5.21 Å². The highest BCUT2D eigenvalue weighted by Gasteiger charge is 2.00. The monoisotopic (exact) mass is 229 g/mol. The second-order valence-electron chi connectivity index (χ2n) is 2.86. The Kier molecular flexibility index (Phi) is 3.72. The lowest BCUT2D eigenvalue weighted by Crippen LogP contribution is -2.24. The summed E-state index contributed by atoms with van der Waals surface area (Å²) in [6.07, 6.45) is 0.837. The average Bonchev–Trinajstić information content (AvgIpc) is 2.09. The predicted octanol–water partition coefficient (Wildman–Crippen LogP) is 2.36. The zero-order chi connectivity index (χ0) is 8.97. The number of halogens is 1. The number of hydroxylamine groups is 1. The van der Waals surface area contributed by atoms with Crippen molar-refractivity contribution in [2.24, 2.45) is 0 Å². The van der Waals surface area contributed by atoms with Crippen molar-refractivity contribution in [2.45, 2.75) is 19.4 Å². The molecule has 0 heterocycles. The van der Waals surface area contributed by atoms with Gasteiger partial charge in [-0.25, -0.2) is 5.48 Å². The Morgan fingerprint density at radius 2 is 2.00 bits per heavy atom. The standard InChI is InChI=1S/C9H12BrNO/c1-7(11-12)6-8-2-4-9(10)5-3-8/h2-5,7,11-12H,6H2,1H3. The summed E-state index contributed by atoms with van der Waals surface area (Å²) in [7, 11) is 0. The second kappa shape index (κ2) is 4.60. The Morgan fingerprint density at radius 3 is 2.50 bits per heavy atom. The van der Waals surface area contributed by atoms with Gasteiger partial charge in [0.2, 0.25) is 0 Å². The van der Waals surface area contributed by atoms with Crippen molar-refractivity contribution in [2.75, 3.05) is 0 Å². The lowest BCUT2D eigenvalue weighted by atomic mass is 10.1. The molecule has 0 amide bonds. The van der Waals surface area contributed by atoms with Crippen molar-refractivity contribution in [3.8, 4) is 0 Å².